The van der Waals surface area contributed by atoms with Gasteiger partial charge in [-0.1, -0.05) is 43.2 Å². The van der Waals surface area contributed by atoms with E-state index >= 15 is 0 Å². The molecule has 3 atom stereocenters. The third-order valence-corrected chi connectivity index (χ3v) is 9.59. The van der Waals surface area contributed by atoms with Gasteiger partial charge in [-0.05, 0) is 38.2 Å². The smallest absolute Gasteiger partial charge is 0.255 e. The monoisotopic (exact) mass is 564 g/mol. The number of aromatic nitrogens is 1. The molecular formula is C32H44N4O5. The van der Waals surface area contributed by atoms with Gasteiger partial charge >= 0.3 is 0 Å². The molecule has 41 heavy (non-hydrogen) atoms. The normalized spacial score (nSPS) is 25.8. The lowest BCUT2D eigenvalue weighted by atomic mass is 9.65. The van der Waals surface area contributed by atoms with Crippen LogP contribution in [-0.4, -0.2) is 89.4 Å². The molecule has 9 nitrogen and oxygen atoms in total. The lowest BCUT2D eigenvalue weighted by molar-refractivity contribution is -0.160. The van der Waals surface area contributed by atoms with Gasteiger partial charge in [0.15, 0.2) is 0 Å². The number of likely N-dealkylation sites (tertiary alicyclic amines) is 1. The number of carbonyl (C=O) groups excluding carboxylic acids is 2. The summed E-state index contributed by atoms with van der Waals surface area (Å²) in [4.78, 5) is 43.5. The van der Waals surface area contributed by atoms with Crippen molar-refractivity contribution in [2.75, 3.05) is 40.3 Å². The van der Waals surface area contributed by atoms with E-state index in [1.165, 1.54) is 15.5 Å². The molecule has 222 valence electrons. The Kier molecular flexibility index (Phi) is 8.68. The fourth-order valence-corrected chi connectivity index (χ4v) is 7.10. The zero-order chi connectivity index (χ0) is 29.2. The van der Waals surface area contributed by atoms with Crippen molar-refractivity contribution in [1.82, 2.24) is 19.7 Å². The molecule has 1 aromatic heterocycles. The average molecular weight is 565 g/mol. The third kappa shape index (κ3) is 5.98. The molecule has 1 aromatic carbocycles. The predicted molar refractivity (Wildman–Crippen MR) is 158 cm³/mol. The second kappa shape index (κ2) is 12.1. The molecule has 3 fully saturated rings. The van der Waals surface area contributed by atoms with Crippen LogP contribution in [0.15, 0.2) is 47.4 Å². The summed E-state index contributed by atoms with van der Waals surface area (Å²) >= 11 is 0. The van der Waals surface area contributed by atoms with Gasteiger partial charge in [-0.15, -0.1) is 0 Å². The second-order valence-electron chi connectivity index (χ2n) is 12.4. The highest BCUT2D eigenvalue weighted by Gasteiger charge is 2.55. The molecule has 2 N–H and O–H groups in total. The summed E-state index contributed by atoms with van der Waals surface area (Å²) in [6, 6.07) is 11.1. The van der Waals surface area contributed by atoms with Crippen LogP contribution in [0.1, 0.15) is 62.2 Å². The highest BCUT2D eigenvalue weighted by molar-refractivity contribution is 6.00. The maximum absolute atomic E-state index is 13.5. The maximum Gasteiger partial charge on any atom is 0.255 e. The molecule has 2 saturated heterocycles. The number of nitrogens with zero attached hydrogens (tertiary/aromatic N) is 3. The third-order valence-electron chi connectivity index (χ3n) is 9.59. The molecule has 3 unspecified atom stereocenters. The van der Waals surface area contributed by atoms with E-state index in [1.54, 1.807) is 20.3 Å². The van der Waals surface area contributed by atoms with Crippen LogP contribution in [0.2, 0.25) is 0 Å². The number of pyridine rings is 1. The van der Waals surface area contributed by atoms with Gasteiger partial charge in [0.05, 0.1) is 30.4 Å². The molecule has 2 aromatic rings. The largest absolute Gasteiger partial charge is 0.387 e. The van der Waals surface area contributed by atoms with Crippen molar-refractivity contribution in [3.63, 3.8) is 0 Å². The van der Waals surface area contributed by atoms with Crippen molar-refractivity contribution >= 4 is 11.8 Å². The summed E-state index contributed by atoms with van der Waals surface area (Å²) in [6.45, 7) is 4.58. The minimum atomic E-state index is -1.16. The molecule has 1 saturated carbocycles. The summed E-state index contributed by atoms with van der Waals surface area (Å²) in [5.41, 5.74) is -0.0966. The van der Waals surface area contributed by atoms with Gasteiger partial charge in [0, 0.05) is 69.4 Å². The Morgan fingerprint density at radius 3 is 2.56 bits per heavy atom. The number of rotatable bonds is 7. The van der Waals surface area contributed by atoms with E-state index in [-0.39, 0.29) is 36.1 Å². The fourth-order valence-electron chi connectivity index (χ4n) is 7.10. The lowest BCUT2D eigenvalue weighted by Crippen LogP contribution is -2.62. The van der Waals surface area contributed by atoms with Crippen molar-refractivity contribution in [3.05, 3.63) is 58.5 Å². The first-order valence-corrected chi connectivity index (χ1v) is 15.0. The number of aliphatic hydroxyl groups is 1. The van der Waals surface area contributed by atoms with Gasteiger partial charge in [-0.3, -0.25) is 14.4 Å². The van der Waals surface area contributed by atoms with Gasteiger partial charge in [-0.2, -0.15) is 0 Å². The summed E-state index contributed by atoms with van der Waals surface area (Å²) in [5, 5.41) is 15.7. The van der Waals surface area contributed by atoms with E-state index in [4.69, 9.17) is 4.74 Å². The van der Waals surface area contributed by atoms with Crippen molar-refractivity contribution in [3.8, 4) is 11.1 Å². The van der Waals surface area contributed by atoms with Gasteiger partial charge < -0.3 is 29.5 Å². The highest BCUT2D eigenvalue weighted by Crippen LogP contribution is 2.51. The number of hydrogen-bond donors (Lipinski definition) is 2. The molecule has 2 amide bonds. The topological polar surface area (TPSA) is 104 Å². The van der Waals surface area contributed by atoms with E-state index in [1.807, 2.05) is 42.2 Å². The summed E-state index contributed by atoms with van der Waals surface area (Å²) in [7, 11) is 3.39. The number of ether oxygens (including phenoxy) is 1. The van der Waals surface area contributed by atoms with Crippen molar-refractivity contribution in [1.29, 1.82) is 0 Å². The number of hydrogen-bond acceptors (Lipinski definition) is 6. The Morgan fingerprint density at radius 2 is 1.88 bits per heavy atom. The number of piperidine rings is 1. The highest BCUT2D eigenvalue weighted by atomic mass is 16.5. The van der Waals surface area contributed by atoms with Crippen LogP contribution in [0.5, 0.6) is 0 Å². The molecule has 9 heteroatoms. The Morgan fingerprint density at radius 1 is 1.15 bits per heavy atom. The number of carbonyl (C=O) groups is 2. The van der Waals surface area contributed by atoms with Gasteiger partial charge in [0.2, 0.25) is 5.91 Å². The lowest BCUT2D eigenvalue weighted by Gasteiger charge is -2.52. The number of nitrogens with one attached hydrogen (secondary N) is 1. The van der Waals surface area contributed by atoms with Crippen LogP contribution in [0.3, 0.4) is 0 Å². The van der Waals surface area contributed by atoms with Crippen LogP contribution < -0.4 is 10.9 Å². The second-order valence-corrected chi connectivity index (χ2v) is 12.4. The standard InChI is InChI=1S/C32H44N4O5/c1-23-27(33-16-18-41-23)11-12-28(37)35-17-15-32(40,31(21-35)13-7-8-14-31)22-36-20-26(30(39)34(2)3)25(19-29(36)38)24-9-5-4-6-10-24/h4-6,9-10,19-20,23,27,33,40H,7-8,11-18,21-22H2,1-3H3. The molecular weight excluding hydrogens is 520 g/mol. The van der Waals surface area contributed by atoms with Crippen LogP contribution in [0, 0.1) is 5.41 Å². The van der Waals surface area contributed by atoms with Gasteiger partial charge in [0.25, 0.3) is 11.5 Å². The quantitative estimate of drug-likeness (QED) is 0.536. The Bertz CT molecular complexity index is 1300. The molecule has 1 aliphatic carbocycles. The summed E-state index contributed by atoms with van der Waals surface area (Å²) in [5.74, 6) is -0.0890. The van der Waals surface area contributed by atoms with Crippen molar-refractivity contribution in [2.24, 2.45) is 5.41 Å². The zero-order valence-electron chi connectivity index (χ0n) is 24.6. The van der Waals surface area contributed by atoms with Gasteiger partial charge in [0.1, 0.15) is 0 Å². The van der Waals surface area contributed by atoms with E-state index in [9.17, 15) is 19.5 Å². The molecule has 2 aliphatic heterocycles. The van der Waals surface area contributed by atoms with E-state index in [0.717, 1.165) is 44.2 Å². The minimum absolute atomic E-state index is 0.0834. The minimum Gasteiger partial charge on any atom is -0.387 e. The van der Waals surface area contributed by atoms with Crippen LogP contribution in [-0.2, 0) is 16.1 Å². The first-order chi connectivity index (χ1) is 19.6. The Hall–Kier alpha value is -3.01. The van der Waals surface area contributed by atoms with E-state index in [0.29, 0.717) is 43.7 Å². The molecule has 0 bridgehead atoms. The Labute approximate surface area is 242 Å². The number of benzene rings is 1. The molecule has 3 heterocycles. The van der Waals surface area contributed by atoms with Crippen LogP contribution >= 0.6 is 0 Å². The van der Waals surface area contributed by atoms with E-state index < -0.39 is 11.0 Å². The first-order valence-electron chi connectivity index (χ1n) is 15.0. The average Bonchev–Trinajstić information content (AvgIpc) is 3.45. The SMILES string of the molecule is CC1OCCNC1CCC(=O)N1CCC(O)(Cn2cc(C(=O)N(C)C)c(-c3ccccc3)cc2=O)C2(CCCC2)C1. The van der Waals surface area contributed by atoms with Crippen LogP contribution in [0.4, 0.5) is 0 Å². The molecule has 3 aliphatic rings. The first kappa shape index (κ1) is 29.5. The zero-order valence-corrected chi connectivity index (χ0v) is 24.6. The molecule has 5 rings (SSSR count). The van der Waals surface area contributed by atoms with E-state index in [2.05, 4.69) is 5.32 Å². The predicted octanol–water partition coefficient (Wildman–Crippen LogP) is 2.90. The summed E-state index contributed by atoms with van der Waals surface area (Å²) in [6.07, 6.45) is 6.84. The molecule has 0 radical (unpaired) electrons. The molecule has 1 spiro atoms. The number of morpholine rings is 1. The number of amides is 2. The van der Waals surface area contributed by atoms with Gasteiger partial charge in [-0.25, -0.2) is 0 Å². The fraction of sp³-hybridized carbons (Fsp3) is 0.594. The van der Waals surface area contributed by atoms with Crippen LogP contribution in [0.25, 0.3) is 11.1 Å². The van der Waals surface area contributed by atoms with Crippen molar-refractivity contribution in [2.45, 2.75) is 76.2 Å². The maximum atomic E-state index is 13.5. The summed E-state index contributed by atoms with van der Waals surface area (Å²) < 4.78 is 7.25. The van der Waals surface area contributed by atoms with Crippen molar-refractivity contribution < 1.29 is 19.4 Å². The Balaban J connectivity index is 1.38.